The number of ether oxygens (including phenoxy) is 1. The lowest BCUT2D eigenvalue weighted by atomic mass is 9.95. The van der Waals surface area contributed by atoms with E-state index in [1.54, 1.807) is 0 Å². The van der Waals surface area contributed by atoms with E-state index in [2.05, 4.69) is 48.3 Å². The molecule has 5 rings (SSSR count). The summed E-state index contributed by atoms with van der Waals surface area (Å²) in [6.45, 7) is 2.10. The first-order valence-corrected chi connectivity index (χ1v) is 9.51. The zero-order valence-electron chi connectivity index (χ0n) is 15.0. The molecule has 3 aromatic rings. The Kier molecular flexibility index (Phi) is 3.91. The van der Waals surface area contributed by atoms with Gasteiger partial charge in [0.05, 0.1) is 11.8 Å². The van der Waals surface area contributed by atoms with Crippen molar-refractivity contribution in [3.8, 4) is 5.75 Å². The smallest absolute Gasteiger partial charge is 0.213 e. The van der Waals surface area contributed by atoms with Crippen molar-refractivity contribution in [3.05, 3.63) is 100 Å². The first-order chi connectivity index (χ1) is 13.2. The molecule has 0 saturated carbocycles. The molecule has 0 aromatic heterocycles. The van der Waals surface area contributed by atoms with Crippen LogP contribution in [0.4, 0.5) is 0 Å². The molecule has 0 unspecified atom stereocenters. The second-order valence-corrected chi connectivity index (χ2v) is 7.51. The van der Waals surface area contributed by atoms with Crippen LogP contribution in [0.5, 0.6) is 5.75 Å². The normalized spacial score (nSPS) is 20.5. The van der Waals surface area contributed by atoms with Gasteiger partial charge in [-0.3, -0.25) is 0 Å². The van der Waals surface area contributed by atoms with E-state index in [4.69, 9.17) is 21.4 Å². The highest BCUT2D eigenvalue weighted by Crippen LogP contribution is 2.47. The topological polar surface area (TPSA) is 24.8 Å². The summed E-state index contributed by atoms with van der Waals surface area (Å²) in [7, 11) is 0. The minimum absolute atomic E-state index is 0.173. The van der Waals surface area contributed by atoms with E-state index in [-0.39, 0.29) is 12.3 Å². The first kappa shape index (κ1) is 16.4. The summed E-state index contributed by atoms with van der Waals surface area (Å²) in [5, 5.41) is 7.80. The van der Waals surface area contributed by atoms with E-state index >= 15 is 0 Å². The Morgan fingerprint density at radius 1 is 0.963 bits per heavy atom. The van der Waals surface area contributed by atoms with E-state index in [0.29, 0.717) is 0 Å². The highest BCUT2D eigenvalue weighted by molar-refractivity contribution is 6.30. The second kappa shape index (κ2) is 6.43. The predicted octanol–water partition coefficient (Wildman–Crippen LogP) is 5.89. The van der Waals surface area contributed by atoms with Crippen LogP contribution in [0.1, 0.15) is 40.9 Å². The molecule has 2 aliphatic rings. The van der Waals surface area contributed by atoms with Gasteiger partial charge in [0.15, 0.2) is 0 Å². The van der Waals surface area contributed by atoms with Crippen LogP contribution in [0.3, 0.4) is 0 Å². The van der Waals surface area contributed by atoms with E-state index in [1.807, 2.05) is 36.4 Å². The Morgan fingerprint density at radius 3 is 2.48 bits per heavy atom. The maximum Gasteiger partial charge on any atom is 0.213 e. The zero-order chi connectivity index (χ0) is 18.4. The molecule has 2 aliphatic heterocycles. The number of rotatable bonds is 2. The average Bonchev–Trinajstić information content (AvgIpc) is 3.14. The van der Waals surface area contributed by atoms with Gasteiger partial charge in [0, 0.05) is 22.6 Å². The molecular formula is C23H19ClN2O. The lowest BCUT2D eigenvalue weighted by Gasteiger charge is -2.38. The Balaban J connectivity index is 1.58. The Labute approximate surface area is 163 Å². The van der Waals surface area contributed by atoms with Crippen LogP contribution in [-0.2, 0) is 0 Å². The van der Waals surface area contributed by atoms with Crippen LogP contribution in [0, 0.1) is 6.92 Å². The summed E-state index contributed by atoms with van der Waals surface area (Å²) in [6, 6.07) is 24.8. The van der Waals surface area contributed by atoms with E-state index in [1.165, 1.54) is 16.7 Å². The van der Waals surface area contributed by atoms with Gasteiger partial charge in [0.1, 0.15) is 5.75 Å². The number of nitrogens with zero attached hydrogens (tertiary/aromatic N) is 2. The largest absolute Gasteiger partial charge is 0.464 e. The van der Waals surface area contributed by atoms with Gasteiger partial charge in [-0.2, -0.15) is 5.10 Å². The monoisotopic (exact) mass is 374 g/mol. The third-order valence-electron chi connectivity index (χ3n) is 5.24. The van der Waals surface area contributed by atoms with Crippen molar-refractivity contribution in [2.45, 2.75) is 25.6 Å². The zero-order valence-corrected chi connectivity index (χ0v) is 15.7. The fourth-order valence-corrected chi connectivity index (χ4v) is 3.93. The lowest BCUT2D eigenvalue weighted by molar-refractivity contribution is -0.0190. The molecule has 0 radical (unpaired) electrons. The molecule has 0 N–H and O–H groups in total. The molecule has 2 atom stereocenters. The average molecular weight is 375 g/mol. The molecule has 0 aliphatic carbocycles. The van der Waals surface area contributed by atoms with Crippen molar-refractivity contribution in [3.63, 3.8) is 0 Å². The molecule has 0 spiro atoms. The number of fused-ring (bicyclic) bond motifs is 3. The minimum Gasteiger partial charge on any atom is -0.464 e. The molecule has 3 nitrogen and oxygen atoms in total. The Morgan fingerprint density at radius 2 is 1.70 bits per heavy atom. The van der Waals surface area contributed by atoms with Crippen molar-refractivity contribution < 1.29 is 4.74 Å². The van der Waals surface area contributed by atoms with Crippen LogP contribution in [0.2, 0.25) is 5.02 Å². The second-order valence-electron chi connectivity index (χ2n) is 7.07. The molecule has 4 heteroatoms. The van der Waals surface area contributed by atoms with Crippen molar-refractivity contribution in [2.24, 2.45) is 5.10 Å². The summed E-state index contributed by atoms with van der Waals surface area (Å²) in [5.74, 6) is 0.930. The highest BCUT2D eigenvalue weighted by Gasteiger charge is 2.40. The van der Waals surface area contributed by atoms with Crippen LogP contribution >= 0.6 is 11.6 Å². The van der Waals surface area contributed by atoms with E-state index < -0.39 is 0 Å². The summed E-state index contributed by atoms with van der Waals surface area (Å²) in [4.78, 5) is 0. The number of para-hydroxylation sites is 1. The summed E-state index contributed by atoms with van der Waals surface area (Å²) < 4.78 is 6.35. The van der Waals surface area contributed by atoms with Crippen LogP contribution in [0.15, 0.2) is 77.9 Å². The number of halogens is 1. The summed E-state index contributed by atoms with van der Waals surface area (Å²) >= 11 is 6.08. The standard InChI is InChI=1S/C23H19ClN2O/c1-15-6-8-16(9-7-15)20-14-21-19-4-2-3-5-22(19)27-23(26(21)25-20)17-10-12-18(24)13-11-17/h2-13,21,23H,14H2,1H3/t21-,23+/m1/s1. The maximum absolute atomic E-state index is 6.35. The first-order valence-electron chi connectivity index (χ1n) is 9.13. The van der Waals surface area contributed by atoms with E-state index in [9.17, 15) is 0 Å². The number of hydrogen-bond acceptors (Lipinski definition) is 3. The Bertz CT molecular complexity index is 1010. The maximum atomic E-state index is 6.35. The third kappa shape index (κ3) is 2.88. The predicted molar refractivity (Wildman–Crippen MR) is 108 cm³/mol. The fraction of sp³-hybridized carbons (Fsp3) is 0.174. The molecule has 2 heterocycles. The molecule has 27 heavy (non-hydrogen) atoms. The van der Waals surface area contributed by atoms with Gasteiger partial charge < -0.3 is 4.74 Å². The molecular weight excluding hydrogens is 356 g/mol. The summed E-state index contributed by atoms with van der Waals surface area (Å²) in [5.41, 5.74) is 5.76. The number of hydrazone groups is 1. The number of hydrogen-bond donors (Lipinski definition) is 0. The van der Waals surface area contributed by atoms with Gasteiger partial charge in [-0.25, -0.2) is 5.01 Å². The van der Waals surface area contributed by atoms with Gasteiger partial charge in [0.25, 0.3) is 0 Å². The molecule has 0 saturated heterocycles. The van der Waals surface area contributed by atoms with Gasteiger partial charge in [0.2, 0.25) is 6.23 Å². The van der Waals surface area contributed by atoms with Crippen molar-refractivity contribution in [1.29, 1.82) is 0 Å². The minimum atomic E-state index is -0.259. The Hall–Kier alpha value is -2.78. The lowest BCUT2D eigenvalue weighted by Crippen LogP contribution is -2.33. The fourth-order valence-electron chi connectivity index (χ4n) is 3.80. The SMILES string of the molecule is Cc1ccc(C2=NN3[C@H](C2)c2ccccc2O[C@H]3c2ccc(Cl)cc2)cc1. The van der Waals surface area contributed by atoms with Crippen LogP contribution in [0.25, 0.3) is 0 Å². The number of aryl methyl sites for hydroxylation is 1. The van der Waals surface area contributed by atoms with Crippen molar-refractivity contribution in [2.75, 3.05) is 0 Å². The van der Waals surface area contributed by atoms with Gasteiger partial charge >= 0.3 is 0 Å². The summed E-state index contributed by atoms with van der Waals surface area (Å²) in [6.07, 6.45) is 0.609. The molecule has 3 aromatic carbocycles. The molecule has 0 amide bonds. The van der Waals surface area contributed by atoms with Gasteiger partial charge in [-0.15, -0.1) is 0 Å². The van der Waals surface area contributed by atoms with Gasteiger partial charge in [-0.1, -0.05) is 71.8 Å². The van der Waals surface area contributed by atoms with Crippen molar-refractivity contribution in [1.82, 2.24) is 5.01 Å². The third-order valence-corrected chi connectivity index (χ3v) is 5.49. The molecule has 134 valence electrons. The van der Waals surface area contributed by atoms with Crippen molar-refractivity contribution >= 4 is 17.3 Å². The number of benzene rings is 3. The van der Waals surface area contributed by atoms with Gasteiger partial charge in [-0.05, 0) is 30.7 Å². The quantitative estimate of drug-likeness (QED) is 0.558. The van der Waals surface area contributed by atoms with E-state index in [0.717, 1.165) is 28.5 Å². The molecule has 0 fully saturated rings. The highest BCUT2D eigenvalue weighted by atomic mass is 35.5. The van der Waals surface area contributed by atoms with Crippen LogP contribution < -0.4 is 4.74 Å². The molecule has 0 bridgehead atoms. The van der Waals surface area contributed by atoms with Crippen LogP contribution in [-0.4, -0.2) is 10.7 Å².